The third-order valence-electron chi connectivity index (χ3n) is 3.84. The zero-order valence-electron chi connectivity index (χ0n) is 13.2. The zero-order valence-corrected chi connectivity index (χ0v) is 13.2. The van der Waals surface area contributed by atoms with Gasteiger partial charge in [-0.3, -0.25) is 5.41 Å². The molecular formula is C20H24N2. The lowest BCUT2D eigenvalue weighted by Gasteiger charge is -2.10. The molecule has 0 atom stereocenters. The lowest BCUT2D eigenvalue weighted by Crippen LogP contribution is -2.05. The van der Waals surface area contributed by atoms with Gasteiger partial charge in [-0.25, -0.2) is 0 Å². The van der Waals surface area contributed by atoms with Crippen LogP contribution in [-0.4, -0.2) is 12.3 Å². The molecule has 0 saturated heterocycles. The van der Waals surface area contributed by atoms with E-state index in [2.05, 4.69) is 36.9 Å². The quantitative estimate of drug-likeness (QED) is 0.595. The average Bonchev–Trinajstić information content (AvgIpc) is 2.55. The van der Waals surface area contributed by atoms with Crippen LogP contribution in [0, 0.1) is 5.41 Å². The molecule has 22 heavy (non-hydrogen) atoms. The van der Waals surface area contributed by atoms with E-state index >= 15 is 0 Å². The fourth-order valence-corrected chi connectivity index (χ4v) is 2.47. The summed E-state index contributed by atoms with van der Waals surface area (Å²) in [5.74, 6) is 0. The highest BCUT2D eigenvalue weighted by Gasteiger charge is 2.06. The first-order valence-electron chi connectivity index (χ1n) is 7.69. The second kappa shape index (κ2) is 7.71. The normalized spacial score (nSPS) is 14.6. The third kappa shape index (κ3) is 4.40. The van der Waals surface area contributed by atoms with Crippen LogP contribution in [0.5, 0.6) is 0 Å². The third-order valence-corrected chi connectivity index (χ3v) is 3.84. The molecule has 0 aromatic heterocycles. The van der Waals surface area contributed by atoms with E-state index in [0.717, 1.165) is 30.4 Å². The van der Waals surface area contributed by atoms with Gasteiger partial charge in [0, 0.05) is 6.54 Å². The molecular weight excluding hydrogens is 268 g/mol. The van der Waals surface area contributed by atoms with Crippen molar-refractivity contribution in [1.29, 1.82) is 5.41 Å². The summed E-state index contributed by atoms with van der Waals surface area (Å²) >= 11 is 0. The second-order valence-corrected chi connectivity index (χ2v) is 5.76. The van der Waals surface area contributed by atoms with Gasteiger partial charge in [0.25, 0.3) is 0 Å². The van der Waals surface area contributed by atoms with E-state index in [-0.39, 0.29) is 0 Å². The number of allylic oxidation sites excluding steroid dienone is 6. The SMILES string of the molecule is C=C(/C=C(/C)CN)C(=N)c1ccc(CC2=CC=CCC2)cc1. The van der Waals surface area contributed by atoms with Crippen molar-refractivity contribution in [3.63, 3.8) is 0 Å². The van der Waals surface area contributed by atoms with Crippen LogP contribution in [0.1, 0.15) is 30.9 Å². The fraction of sp³-hybridized carbons (Fsp3) is 0.250. The Bertz CT molecular complexity index is 643. The van der Waals surface area contributed by atoms with Crippen LogP contribution in [0.3, 0.4) is 0 Å². The minimum Gasteiger partial charge on any atom is -0.327 e. The predicted octanol–water partition coefficient (Wildman–Crippen LogP) is 4.33. The summed E-state index contributed by atoms with van der Waals surface area (Å²) < 4.78 is 0. The van der Waals surface area contributed by atoms with Crippen LogP contribution in [0.2, 0.25) is 0 Å². The summed E-state index contributed by atoms with van der Waals surface area (Å²) in [6, 6.07) is 8.23. The highest BCUT2D eigenvalue weighted by molar-refractivity contribution is 6.12. The Kier molecular flexibility index (Phi) is 5.68. The summed E-state index contributed by atoms with van der Waals surface area (Å²) in [6.07, 6.45) is 11.7. The Balaban J connectivity index is 2.05. The van der Waals surface area contributed by atoms with E-state index in [9.17, 15) is 0 Å². The van der Waals surface area contributed by atoms with Crippen LogP contribution in [0.15, 0.2) is 71.9 Å². The van der Waals surface area contributed by atoms with Crippen molar-refractivity contribution in [3.8, 4) is 0 Å². The Hall–Kier alpha value is -2.19. The summed E-state index contributed by atoms with van der Waals surface area (Å²) in [5.41, 5.74) is 11.4. The maximum absolute atomic E-state index is 8.22. The molecule has 2 heteroatoms. The summed E-state index contributed by atoms with van der Waals surface area (Å²) in [5, 5.41) is 8.22. The average molecular weight is 292 g/mol. The van der Waals surface area contributed by atoms with E-state index in [0.29, 0.717) is 17.8 Å². The van der Waals surface area contributed by atoms with Crippen LogP contribution in [-0.2, 0) is 6.42 Å². The molecule has 0 fully saturated rings. The number of hydrogen-bond acceptors (Lipinski definition) is 2. The van der Waals surface area contributed by atoms with E-state index in [4.69, 9.17) is 11.1 Å². The van der Waals surface area contributed by atoms with Crippen molar-refractivity contribution < 1.29 is 0 Å². The van der Waals surface area contributed by atoms with E-state index in [1.54, 1.807) is 0 Å². The maximum atomic E-state index is 8.22. The van der Waals surface area contributed by atoms with Gasteiger partial charge in [0.1, 0.15) is 0 Å². The molecule has 1 aromatic rings. The minimum atomic E-state index is 0.458. The van der Waals surface area contributed by atoms with Crippen LogP contribution in [0.4, 0.5) is 0 Å². The van der Waals surface area contributed by atoms with Crippen molar-refractivity contribution >= 4 is 5.71 Å². The molecule has 0 spiro atoms. The van der Waals surface area contributed by atoms with Gasteiger partial charge in [-0.05, 0) is 42.9 Å². The van der Waals surface area contributed by atoms with Gasteiger partial charge >= 0.3 is 0 Å². The minimum absolute atomic E-state index is 0.458. The molecule has 2 nitrogen and oxygen atoms in total. The lowest BCUT2D eigenvalue weighted by atomic mass is 9.95. The van der Waals surface area contributed by atoms with Crippen molar-refractivity contribution in [1.82, 2.24) is 0 Å². The van der Waals surface area contributed by atoms with E-state index in [1.165, 1.54) is 11.1 Å². The van der Waals surface area contributed by atoms with Crippen molar-refractivity contribution in [2.24, 2.45) is 5.73 Å². The molecule has 1 aliphatic carbocycles. The Morgan fingerprint density at radius 1 is 1.32 bits per heavy atom. The van der Waals surface area contributed by atoms with Gasteiger partial charge in [-0.1, -0.05) is 66.3 Å². The monoisotopic (exact) mass is 292 g/mol. The first-order chi connectivity index (χ1) is 10.6. The first-order valence-corrected chi connectivity index (χ1v) is 7.69. The van der Waals surface area contributed by atoms with Gasteiger partial charge in [-0.2, -0.15) is 0 Å². The molecule has 114 valence electrons. The Morgan fingerprint density at radius 2 is 2.05 bits per heavy atom. The van der Waals surface area contributed by atoms with Crippen LogP contribution < -0.4 is 5.73 Å². The van der Waals surface area contributed by atoms with Gasteiger partial charge in [-0.15, -0.1) is 0 Å². The Morgan fingerprint density at radius 3 is 2.64 bits per heavy atom. The van der Waals surface area contributed by atoms with Gasteiger partial charge < -0.3 is 5.73 Å². The lowest BCUT2D eigenvalue weighted by molar-refractivity contribution is 0.911. The second-order valence-electron chi connectivity index (χ2n) is 5.76. The van der Waals surface area contributed by atoms with Gasteiger partial charge in [0.15, 0.2) is 0 Å². The smallest absolute Gasteiger partial charge is 0.0678 e. The van der Waals surface area contributed by atoms with Crippen molar-refractivity contribution in [2.75, 3.05) is 6.54 Å². The molecule has 0 heterocycles. The topological polar surface area (TPSA) is 49.9 Å². The zero-order chi connectivity index (χ0) is 15.9. The number of nitrogens with two attached hydrogens (primary N) is 1. The number of hydrogen-bond donors (Lipinski definition) is 2. The molecule has 0 saturated carbocycles. The predicted molar refractivity (Wildman–Crippen MR) is 95.4 cm³/mol. The molecule has 0 aliphatic heterocycles. The highest BCUT2D eigenvalue weighted by Crippen LogP contribution is 2.18. The molecule has 0 radical (unpaired) electrons. The van der Waals surface area contributed by atoms with Crippen molar-refractivity contribution in [3.05, 3.63) is 83.0 Å². The summed E-state index contributed by atoms with van der Waals surface area (Å²) in [6.45, 7) is 6.41. The highest BCUT2D eigenvalue weighted by atomic mass is 14.5. The number of rotatable bonds is 6. The van der Waals surface area contributed by atoms with Crippen LogP contribution in [0.25, 0.3) is 0 Å². The maximum Gasteiger partial charge on any atom is 0.0678 e. The standard InChI is InChI=1S/C20H24N2/c1-15(14-21)12-16(2)20(22)19-10-8-18(9-11-19)13-17-6-4-3-5-7-17/h3-4,6,8-12,22H,2,5,7,13-14,21H2,1H3/b15-12-,22-20?. The van der Waals surface area contributed by atoms with Gasteiger partial charge in [0.2, 0.25) is 0 Å². The summed E-state index contributed by atoms with van der Waals surface area (Å²) in [4.78, 5) is 0. The van der Waals surface area contributed by atoms with Crippen molar-refractivity contribution in [2.45, 2.75) is 26.2 Å². The molecule has 2 rings (SSSR count). The number of benzene rings is 1. The molecule has 1 aromatic carbocycles. The molecule has 0 amide bonds. The van der Waals surface area contributed by atoms with Gasteiger partial charge in [0.05, 0.1) is 5.71 Å². The Labute approximate surface area is 133 Å². The van der Waals surface area contributed by atoms with Crippen LogP contribution >= 0.6 is 0 Å². The molecule has 3 N–H and O–H groups in total. The summed E-state index contributed by atoms with van der Waals surface area (Å²) in [7, 11) is 0. The number of nitrogens with one attached hydrogen (secondary N) is 1. The van der Waals surface area contributed by atoms with E-state index < -0.39 is 0 Å². The molecule has 0 bridgehead atoms. The fourth-order valence-electron chi connectivity index (χ4n) is 2.47. The first kappa shape index (κ1) is 16.2. The molecule has 0 unspecified atom stereocenters. The molecule has 1 aliphatic rings. The van der Waals surface area contributed by atoms with E-state index in [1.807, 2.05) is 25.1 Å². The largest absolute Gasteiger partial charge is 0.327 e.